The molecule has 21 heavy (non-hydrogen) atoms. The van der Waals surface area contributed by atoms with Crippen LogP contribution in [-0.4, -0.2) is 6.54 Å². The molecule has 1 nitrogen and oxygen atoms in total. The quantitative estimate of drug-likeness (QED) is 0.679. The number of nitrogens with one attached hydrogen (secondary N) is 1. The van der Waals surface area contributed by atoms with Gasteiger partial charge in [0.1, 0.15) is 0 Å². The van der Waals surface area contributed by atoms with Crippen molar-refractivity contribution in [3.63, 3.8) is 0 Å². The molecule has 0 bridgehead atoms. The molecular weight excluding hydrogens is 322 g/mol. The van der Waals surface area contributed by atoms with Crippen molar-refractivity contribution in [2.45, 2.75) is 13.0 Å². The van der Waals surface area contributed by atoms with Crippen LogP contribution in [0.4, 0.5) is 0 Å². The maximum absolute atomic E-state index is 3.65. The van der Waals surface area contributed by atoms with Gasteiger partial charge in [-0.25, -0.2) is 0 Å². The molecule has 0 saturated heterocycles. The van der Waals surface area contributed by atoms with E-state index in [0.717, 1.165) is 11.0 Å². The summed E-state index contributed by atoms with van der Waals surface area (Å²) in [6.07, 6.45) is 0. The first-order chi connectivity index (χ1) is 10.3. The van der Waals surface area contributed by atoms with Crippen molar-refractivity contribution in [1.82, 2.24) is 5.32 Å². The van der Waals surface area contributed by atoms with Crippen LogP contribution in [0.5, 0.6) is 0 Å². The van der Waals surface area contributed by atoms with Gasteiger partial charge >= 0.3 is 0 Å². The number of benzene rings is 3. The zero-order valence-corrected chi connectivity index (χ0v) is 13.6. The standard InChI is InChI=1S/C19H18BrN/c1-2-21-19(14-8-4-3-5-9-14)17-12-13-18(20)16-11-7-6-10-15(16)17/h3-13,19,21H,2H2,1H3. The summed E-state index contributed by atoms with van der Waals surface area (Å²) in [7, 11) is 0. The van der Waals surface area contributed by atoms with E-state index in [4.69, 9.17) is 0 Å². The third-order valence-corrected chi connectivity index (χ3v) is 4.45. The number of hydrogen-bond donors (Lipinski definition) is 1. The summed E-state index contributed by atoms with van der Waals surface area (Å²) in [4.78, 5) is 0. The summed E-state index contributed by atoms with van der Waals surface area (Å²) < 4.78 is 1.14. The van der Waals surface area contributed by atoms with Crippen LogP contribution >= 0.6 is 15.9 Å². The summed E-state index contributed by atoms with van der Waals surface area (Å²) in [6, 6.07) is 23.8. The summed E-state index contributed by atoms with van der Waals surface area (Å²) in [5, 5.41) is 6.16. The fourth-order valence-corrected chi connectivity index (χ4v) is 3.27. The van der Waals surface area contributed by atoms with Crippen LogP contribution < -0.4 is 5.32 Å². The normalized spacial score (nSPS) is 12.5. The fourth-order valence-electron chi connectivity index (χ4n) is 2.79. The minimum atomic E-state index is 0.217. The molecule has 0 amide bonds. The van der Waals surface area contributed by atoms with Crippen LogP contribution in [0.25, 0.3) is 10.8 Å². The molecule has 1 atom stereocenters. The zero-order chi connectivity index (χ0) is 14.7. The van der Waals surface area contributed by atoms with Gasteiger partial charge in [-0.15, -0.1) is 0 Å². The van der Waals surface area contributed by atoms with Gasteiger partial charge < -0.3 is 5.32 Å². The molecule has 2 heteroatoms. The number of rotatable bonds is 4. The summed E-state index contributed by atoms with van der Waals surface area (Å²) in [5.41, 5.74) is 2.62. The Morgan fingerprint density at radius 3 is 2.24 bits per heavy atom. The van der Waals surface area contributed by atoms with Crippen LogP contribution in [0.15, 0.2) is 71.2 Å². The zero-order valence-electron chi connectivity index (χ0n) is 12.0. The molecule has 0 fully saturated rings. The topological polar surface area (TPSA) is 12.0 Å². The van der Waals surface area contributed by atoms with Crippen LogP contribution in [0.3, 0.4) is 0 Å². The van der Waals surface area contributed by atoms with Crippen molar-refractivity contribution in [2.24, 2.45) is 0 Å². The highest BCUT2D eigenvalue weighted by Crippen LogP contribution is 2.32. The van der Waals surface area contributed by atoms with Crippen molar-refractivity contribution < 1.29 is 0 Å². The van der Waals surface area contributed by atoms with Crippen molar-refractivity contribution in [3.8, 4) is 0 Å². The van der Waals surface area contributed by atoms with Gasteiger partial charge in [-0.3, -0.25) is 0 Å². The second-order valence-electron chi connectivity index (χ2n) is 5.08. The average Bonchev–Trinajstić information content (AvgIpc) is 2.55. The van der Waals surface area contributed by atoms with Gasteiger partial charge in [0.15, 0.2) is 0 Å². The Balaban J connectivity index is 2.19. The minimum absolute atomic E-state index is 0.217. The van der Waals surface area contributed by atoms with Crippen molar-refractivity contribution >= 4 is 26.7 Å². The Hall–Kier alpha value is -1.64. The Morgan fingerprint density at radius 2 is 1.52 bits per heavy atom. The second kappa shape index (κ2) is 6.42. The molecule has 0 heterocycles. The molecule has 3 aromatic carbocycles. The molecule has 0 spiro atoms. The first-order valence-electron chi connectivity index (χ1n) is 7.26. The number of hydrogen-bond acceptors (Lipinski definition) is 1. The van der Waals surface area contributed by atoms with E-state index in [1.165, 1.54) is 21.9 Å². The molecule has 0 aliphatic heterocycles. The van der Waals surface area contributed by atoms with Crippen LogP contribution in [-0.2, 0) is 0 Å². The molecule has 1 unspecified atom stereocenters. The van der Waals surface area contributed by atoms with Crippen molar-refractivity contribution in [2.75, 3.05) is 6.54 Å². The lowest BCUT2D eigenvalue weighted by molar-refractivity contribution is 0.634. The largest absolute Gasteiger partial charge is 0.307 e. The van der Waals surface area contributed by atoms with E-state index in [9.17, 15) is 0 Å². The van der Waals surface area contributed by atoms with Crippen LogP contribution in [0, 0.1) is 0 Å². The molecule has 0 saturated carbocycles. The Labute approximate surface area is 134 Å². The molecule has 0 radical (unpaired) electrons. The molecule has 0 aliphatic rings. The fraction of sp³-hybridized carbons (Fsp3) is 0.158. The molecule has 106 valence electrons. The Morgan fingerprint density at radius 1 is 0.857 bits per heavy atom. The van der Waals surface area contributed by atoms with Gasteiger partial charge in [0.25, 0.3) is 0 Å². The predicted octanol–water partition coefficient (Wildman–Crippen LogP) is 5.30. The predicted molar refractivity (Wildman–Crippen MR) is 93.6 cm³/mol. The monoisotopic (exact) mass is 339 g/mol. The maximum atomic E-state index is 3.65. The van der Waals surface area contributed by atoms with Crippen LogP contribution in [0.2, 0.25) is 0 Å². The van der Waals surface area contributed by atoms with Gasteiger partial charge in [0, 0.05) is 4.47 Å². The van der Waals surface area contributed by atoms with Crippen molar-refractivity contribution in [1.29, 1.82) is 0 Å². The molecule has 0 aromatic heterocycles. The van der Waals surface area contributed by atoms with Gasteiger partial charge in [0.05, 0.1) is 6.04 Å². The molecule has 0 aliphatic carbocycles. The SMILES string of the molecule is CCNC(c1ccccc1)c1ccc(Br)c2ccccc12. The number of halogens is 1. The van der Waals surface area contributed by atoms with Crippen molar-refractivity contribution in [3.05, 3.63) is 82.3 Å². The van der Waals surface area contributed by atoms with E-state index in [-0.39, 0.29) is 6.04 Å². The summed E-state index contributed by atoms with van der Waals surface area (Å²) in [6.45, 7) is 3.08. The summed E-state index contributed by atoms with van der Waals surface area (Å²) in [5.74, 6) is 0. The van der Waals surface area contributed by atoms with E-state index >= 15 is 0 Å². The molecular formula is C19H18BrN. The van der Waals surface area contributed by atoms with E-state index in [1.807, 2.05) is 0 Å². The molecule has 1 N–H and O–H groups in total. The minimum Gasteiger partial charge on any atom is -0.307 e. The van der Waals surface area contributed by atoms with E-state index in [0.29, 0.717) is 0 Å². The highest BCUT2D eigenvalue weighted by Gasteiger charge is 2.16. The number of fused-ring (bicyclic) bond motifs is 1. The van der Waals surface area contributed by atoms with Gasteiger partial charge in [-0.1, -0.05) is 83.5 Å². The highest BCUT2D eigenvalue weighted by molar-refractivity contribution is 9.10. The lowest BCUT2D eigenvalue weighted by atomic mass is 9.93. The summed E-state index contributed by atoms with van der Waals surface area (Å²) >= 11 is 3.65. The Kier molecular flexibility index (Phi) is 4.37. The van der Waals surface area contributed by atoms with E-state index in [2.05, 4.69) is 94.9 Å². The van der Waals surface area contributed by atoms with Gasteiger partial charge in [0.2, 0.25) is 0 Å². The smallest absolute Gasteiger partial charge is 0.0582 e. The average molecular weight is 340 g/mol. The lowest BCUT2D eigenvalue weighted by Gasteiger charge is -2.21. The third kappa shape index (κ3) is 2.87. The van der Waals surface area contributed by atoms with Gasteiger partial charge in [-0.2, -0.15) is 0 Å². The third-order valence-electron chi connectivity index (χ3n) is 3.76. The highest BCUT2D eigenvalue weighted by atomic mass is 79.9. The lowest BCUT2D eigenvalue weighted by Crippen LogP contribution is -2.22. The first kappa shape index (κ1) is 14.3. The first-order valence-corrected chi connectivity index (χ1v) is 8.06. The van der Waals surface area contributed by atoms with Gasteiger partial charge in [-0.05, 0) is 34.5 Å². The molecule has 3 rings (SSSR count). The Bertz CT molecular complexity index is 737. The second-order valence-corrected chi connectivity index (χ2v) is 5.94. The maximum Gasteiger partial charge on any atom is 0.0582 e. The van der Waals surface area contributed by atoms with E-state index < -0.39 is 0 Å². The van der Waals surface area contributed by atoms with Crippen LogP contribution in [0.1, 0.15) is 24.1 Å². The van der Waals surface area contributed by atoms with E-state index in [1.54, 1.807) is 0 Å². The molecule has 3 aromatic rings.